The maximum Gasteiger partial charge on any atom is 0.248 e. The Morgan fingerprint density at radius 1 is 1.32 bits per heavy atom. The third-order valence-corrected chi connectivity index (χ3v) is 4.27. The summed E-state index contributed by atoms with van der Waals surface area (Å²) in [5, 5.41) is 7.36. The van der Waals surface area contributed by atoms with Crippen molar-refractivity contribution >= 4 is 17.3 Å². The van der Waals surface area contributed by atoms with Crippen LogP contribution in [-0.4, -0.2) is 29.1 Å². The number of nitrogens with zero attached hydrogens (tertiary/aromatic N) is 3. The molecule has 7 heteroatoms. The minimum Gasteiger partial charge on any atom is -0.376 e. The largest absolute Gasteiger partial charge is 0.376 e. The van der Waals surface area contributed by atoms with Crippen LogP contribution in [0.4, 0.5) is 11.4 Å². The fourth-order valence-electron chi connectivity index (χ4n) is 2.87. The number of carbonyl (C=O) groups excluding carboxylic acids is 1. The molecule has 1 aliphatic rings. The first-order valence-corrected chi connectivity index (χ1v) is 8.60. The average Bonchev–Trinajstić information content (AvgIpc) is 3.23. The van der Waals surface area contributed by atoms with Crippen LogP contribution in [0.5, 0.6) is 0 Å². The summed E-state index contributed by atoms with van der Waals surface area (Å²) in [5.74, 6) is 0.752. The number of primary amides is 1. The maximum atomic E-state index is 11.5. The van der Waals surface area contributed by atoms with Crippen molar-refractivity contribution in [2.75, 3.05) is 23.3 Å². The van der Waals surface area contributed by atoms with Crippen LogP contribution in [0.15, 0.2) is 22.7 Å². The van der Waals surface area contributed by atoms with Gasteiger partial charge in [0.15, 0.2) is 5.82 Å². The van der Waals surface area contributed by atoms with Crippen LogP contribution in [0.1, 0.15) is 55.7 Å². The summed E-state index contributed by atoms with van der Waals surface area (Å²) in [4.78, 5) is 18.3. The number of anilines is 2. The lowest BCUT2D eigenvalue weighted by atomic mass is 9.97. The maximum absolute atomic E-state index is 11.5. The number of amides is 1. The van der Waals surface area contributed by atoms with Crippen molar-refractivity contribution < 1.29 is 9.32 Å². The Morgan fingerprint density at radius 3 is 2.64 bits per heavy atom. The van der Waals surface area contributed by atoms with Crippen LogP contribution in [0, 0.1) is 0 Å². The summed E-state index contributed by atoms with van der Waals surface area (Å²) >= 11 is 0. The number of nitrogens with two attached hydrogens (primary N) is 1. The van der Waals surface area contributed by atoms with Gasteiger partial charge in [0.1, 0.15) is 0 Å². The number of aromatic nitrogens is 2. The molecule has 0 atom stereocenters. The van der Waals surface area contributed by atoms with E-state index in [1.165, 1.54) is 12.8 Å². The van der Waals surface area contributed by atoms with Crippen LogP contribution in [0.2, 0.25) is 0 Å². The molecule has 2 heterocycles. The molecule has 0 radical (unpaired) electrons. The van der Waals surface area contributed by atoms with Gasteiger partial charge < -0.3 is 20.5 Å². The molecule has 2 aromatic rings. The van der Waals surface area contributed by atoms with E-state index in [0.717, 1.165) is 24.5 Å². The van der Waals surface area contributed by atoms with Crippen molar-refractivity contribution in [2.24, 2.45) is 5.73 Å². The summed E-state index contributed by atoms with van der Waals surface area (Å²) in [6.45, 7) is 8.53. The molecule has 0 saturated carbocycles. The lowest BCUT2D eigenvalue weighted by Gasteiger charge is -2.22. The zero-order valence-corrected chi connectivity index (χ0v) is 15.0. The quantitative estimate of drug-likeness (QED) is 0.866. The Labute approximate surface area is 147 Å². The molecule has 3 N–H and O–H groups in total. The average molecular weight is 343 g/mol. The lowest BCUT2D eigenvalue weighted by Crippen LogP contribution is -2.20. The van der Waals surface area contributed by atoms with E-state index in [0.29, 0.717) is 23.8 Å². The van der Waals surface area contributed by atoms with Gasteiger partial charge in [0.25, 0.3) is 0 Å². The van der Waals surface area contributed by atoms with E-state index in [4.69, 9.17) is 10.3 Å². The molecule has 0 unspecified atom stereocenters. The first-order valence-electron chi connectivity index (χ1n) is 8.60. The van der Waals surface area contributed by atoms with E-state index in [-0.39, 0.29) is 5.41 Å². The van der Waals surface area contributed by atoms with Crippen molar-refractivity contribution in [2.45, 2.75) is 45.6 Å². The smallest absolute Gasteiger partial charge is 0.248 e. The van der Waals surface area contributed by atoms with Crippen molar-refractivity contribution in [1.82, 2.24) is 10.1 Å². The van der Waals surface area contributed by atoms with Gasteiger partial charge in [-0.2, -0.15) is 4.98 Å². The van der Waals surface area contributed by atoms with Crippen molar-refractivity contribution in [1.29, 1.82) is 0 Å². The normalized spacial score (nSPS) is 14.8. The van der Waals surface area contributed by atoms with Crippen LogP contribution in [0.25, 0.3) is 0 Å². The highest BCUT2D eigenvalue weighted by molar-refractivity contribution is 5.95. The highest BCUT2D eigenvalue weighted by Crippen LogP contribution is 2.30. The Balaban J connectivity index is 1.81. The first kappa shape index (κ1) is 17.3. The summed E-state index contributed by atoms with van der Waals surface area (Å²) < 4.78 is 5.32. The Bertz CT molecular complexity index is 757. The van der Waals surface area contributed by atoms with E-state index in [2.05, 4.69) is 20.4 Å². The first-order chi connectivity index (χ1) is 11.8. The van der Waals surface area contributed by atoms with E-state index in [9.17, 15) is 4.79 Å². The van der Waals surface area contributed by atoms with Crippen molar-refractivity contribution in [3.8, 4) is 0 Å². The second kappa shape index (κ2) is 6.74. The molecule has 1 aromatic carbocycles. The minimum absolute atomic E-state index is 0.183. The van der Waals surface area contributed by atoms with Gasteiger partial charge in [-0.05, 0) is 31.0 Å². The molecule has 0 bridgehead atoms. The van der Waals surface area contributed by atoms with E-state index >= 15 is 0 Å². The zero-order chi connectivity index (χ0) is 18.0. The summed E-state index contributed by atoms with van der Waals surface area (Å²) in [6, 6.07) is 5.51. The van der Waals surface area contributed by atoms with Crippen LogP contribution < -0.4 is 16.0 Å². The summed E-state index contributed by atoms with van der Waals surface area (Å²) in [5.41, 5.74) is 7.66. The molecule has 7 nitrogen and oxygen atoms in total. The lowest BCUT2D eigenvalue weighted by molar-refractivity contribution is 0.100. The van der Waals surface area contributed by atoms with Crippen LogP contribution >= 0.6 is 0 Å². The Kier molecular flexibility index (Phi) is 4.65. The molecular formula is C18H25N5O2. The molecular weight excluding hydrogens is 318 g/mol. The monoisotopic (exact) mass is 343 g/mol. The number of hydrogen-bond donors (Lipinski definition) is 2. The van der Waals surface area contributed by atoms with Gasteiger partial charge in [0, 0.05) is 24.1 Å². The van der Waals surface area contributed by atoms with Gasteiger partial charge in [-0.25, -0.2) is 0 Å². The highest BCUT2D eigenvalue weighted by Gasteiger charge is 2.22. The predicted octanol–water partition coefficient (Wildman–Crippen LogP) is 2.68. The van der Waals surface area contributed by atoms with E-state index in [1.807, 2.05) is 26.8 Å². The van der Waals surface area contributed by atoms with E-state index < -0.39 is 5.91 Å². The molecule has 1 saturated heterocycles. The zero-order valence-electron chi connectivity index (χ0n) is 15.0. The molecule has 25 heavy (non-hydrogen) atoms. The van der Waals surface area contributed by atoms with Gasteiger partial charge >= 0.3 is 0 Å². The van der Waals surface area contributed by atoms with Crippen molar-refractivity contribution in [3.63, 3.8) is 0 Å². The molecule has 0 spiro atoms. The van der Waals surface area contributed by atoms with Crippen LogP contribution in [0.3, 0.4) is 0 Å². The predicted molar refractivity (Wildman–Crippen MR) is 96.7 cm³/mol. The SMILES string of the molecule is CC(C)(C)c1nc(CNc2cc(C(N)=O)ccc2N2CCCC2)no1. The fraction of sp³-hybridized carbons (Fsp3) is 0.500. The second-order valence-electron chi connectivity index (χ2n) is 7.41. The molecule has 134 valence electrons. The second-order valence-corrected chi connectivity index (χ2v) is 7.41. The van der Waals surface area contributed by atoms with Crippen LogP contribution in [-0.2, 0) is 12.0 Å². The molecule has 1 fully saturated rings. The third-order valence-electron chi connectivity index (χ3n) is 4.27. The topological polar surface area (TPSA) is 97.3 Å². The number of hydrogen-bond acceptors (Lipinski definition) is 6. The van der Waals surface area contributed by atoms with Gasteiger partial charge in [-0.3, -0.25) is 4.79 Å². The molecule has 3 rings (SSSR count). The number of nitrogens with one attached hydrogen (secondary N) is 1. The van der Waals surface area contributed by atoms with Gasteiger partial charge in [0.2, 0.25) is 11.8 Å². The molecule has 1 aliphatic heterocycles. The Morgan fingerprint density at radius 2 is 2.04 bits per heavy atom. The van der Waals surface area contributed by atoms with Gasteiger partial charge in [-0.15, -0.1) is 0 Å². The molecule has 1 amide bonds. The van der Waals surface area contributed by atoms with Gasteiger partial charge in [-0.1, -0.05) is 25.9 Å². The van der Waals surface area contributed by atoms with Gasteiger partial charge in [0.05, 0.1) is 17.9 Å². The fourth-order valence-corrected chi connectivity index (χ4v) is 2.87. The van der Waals surface area contributed by atoms with Crippen molar-refractivity contribution in [3.05, 3.63) is 35.5 Å². The standard InChI is InChI=1S/C18H25N5O2/c1-18(2,3)17-21-15(22-25-17)11-20-13-10-12(16(19)24)6-7-14(13)23-8-4-5-9-23/h6-7,10,20H,4-5,8-9,11H2,1-3H3,(H2,19,24). The molecule has 0 aliphatic carbocycles. The summed E-state index contributed by atoms with van der Waals surface area (Å²) in [6.07, 6.45) is 2.35. The third kappa shape index (κ3) is 3.92. The summed E-state index contributed by atoms with van der Waals surface area (Å²) in [7, 11) is 0. The molecule has 1 aromatic heterocycles. The van der Waals surface area contributed by atoms with E-state index in [1.54, 1.807) is 12.1 Å². The number of rotatable bonds is 5. The highest BCUT2D eigenvalue weighted by atomic mass is 16.5. The Hall–Kier alpha value is -2.57. The number of carbonyl (C=O) groups is 1. The number of benzene rings is 1. The minimum atomic E-state index is -0.439.